The number of carbonyl (C=O) groups is 1. The van der Waals surface area contributed by atoms with Gasteiger partial charge in [-0.25, -0.2) is 9.18 Å². The second kappa shape index (κ2) is 8.59. The van der Waals surface area contributed by atoms with Crippen LogP contribution in [0.5, 0.6) is 0 Å². The Balaban J connectivity index is 1.32. The summed E-state index contributed by atoms with van der Waals surface area (Å²) in [7, 11) is 0. The lowest BCUT2D eigenvalue weighted by molar-refractivity contribution is 0.0695. The summed E-state index contributed by atoms with van der Waals surface area (Å²) in [6, 6.07) is 3.34. The predicted octanol–water partition coefficient (Wildman–Crippen LogP) is 3.04. The van der Waals surface area contributed by atoms with Gasteiger partial charge in [-0.2, -0.15) is 0 Å². The number of carboxylic acid groups (broad SMARTS) is 1. The van der Waals surface area contributed by atoms with Crippen LogP contribution in [0, 0.1) is 17.7 Å². The third-order valence-electron chi connectivity index (χ3n) is 7.67. The number of nitrogens with zero attached hydrogens (tertiary/aromatic N) is 3. The summed E-state index contributed by atoms with van der Waals surface area (Å²) >= 11 is 5.69. The van der Waals surface area contributed by atoms with Crippen molar-refractivity contribution in [2.45, 2.75) is 45.2 Å². The van der Waals surface area contributed by atoms with Crippen molar-refractivity contribution in [3.05, 3.63) is 39.9 Å². The molecule has 5 rings (SSSR count). The predicted molar refractivity (Wildman–Crippen MR) is 130 cm³/mol. The summed E-state index contributed by atoms with van der Waals surface area (Å²) in [4.78, 5) is 28.1. The molecule has 0 spiro atoms. The Morgan fingerprint density at radius 1 is 1.21 bits per heavy atom. The lowest BCUT2D eigenvalue weighted by Crippen LogP contribution is -2.54. The molecule has 2 aromatic rings. The number of rotatable bonds is 4. The molecular weight excluding hydrogens is 443 g/mol. The normalized spacial score (nSPS) is 24.5. The number of anilines is 1. The summed E-state index contributed by atoms with van der Waals surface area (Å²) in [6.07, 6.45) is 6.54. The number of nitrogens with one attached hydrogen (secondary N) is 1. The number of benzene rings is 1. The van der Waals surface area contributed by atoms with Crippen molar-refractivity contribution >= 4 is 39.9 Å². The first-order chi connectivity index (χ1) is 15.9. The van der Waals surface area contributed by atoms with Crippen molar-refractivity contribution in [1.82, 2.24) is 14.8 Å². The highest BCUT2D eigenvalue weighted by Gasteiger charge is 2.40. The van der Waals surface area contributed by atoms with E-state index in [0.29, 0.717) is 50.0 Å². The molecule has 3 atom stereocenters. The Morgan fingerprint density at radius 3 is 2.58 bits per heavy atom. The SMILES string of the molecule is CCn1cc(C(=O)O)c(=O)c2cc(F)c(N3CCN(C(=S)N[C@@H]4C[C@H]5CC[C@H]4C5)CC3)cc21. The van der Waals surface area contributed by atoms with E-state index in [-0.39, 0.29) is 10.9 Å². The Morgan fingerprint density at radius 2 is 1.97 bits per heavy atom. The van der Waals surface area contributed by atoms with Crippen LogP contribution in [0.25, 0.3) is 10.9 Å². The van der Waals surface area contributed by atoms with Gasteiger partial charge in [0.05, 0.1) is 11.2 Å². The average Bonchev–Trinajstić information content (AvgIpc) is 3.42. The molecule has 1 aromatic heterocycles. The number of thiocarbonyl (C=S) groups is 1. The molecule has 0 amide bonds. The van der Waals surface area contributed by atoms with Gasteiger partial charge >= 0.3 is 5.97 Å². The first-order valence-electron chi connectivity index (χ1n) is 11.8. The van der Waals surface area contributed by atoms with Gasteiger partial charge in [-0.1, -0.05) is 6.42 Å². The maximum absolute atomic E-state index is 15.1. The molecule has 3 fully saturated rings. The number of aromatic carboxylic acids is 1. The standard InChI is InChI=1S/C24H29FN4O3S/c1-2-27-13-17(23(31)32)22(30)16-11-18(25)21(12-20(16)27)28-5-7-29(8-6-28)24(33)26-19-10-14-3-4-15(19)9-14/h11-15,19H,2-10H2,1H3,(H,26,33)(H,31,32)/t14-,15-,19+/m0/s1. The van der Waals surface area contributed by atoms with E-state index in [1.165, 1.54) is 37.9 Å². The van der Waals surface area contributed by atoms with Gasteiger partial charge in [0.15, 0.2) is 5.11 Å². The van der Waals surface area contributed by atoms with Gasteiger partial charge in [0.1, 0.15) is 11.4 Å². The molecule has 2 saturated carbocycles. The van der Waals surface area contributed by atoms with E-state index in [9.17, 15) is 14.7 Å². The van der Waals surface area contributed by atoms with Crippen LogP contribution in [-0.4, -0.2) is 57.9 Å². The van der Waals surface area contributed by atoms with E-state index in [1.54, 1.807) is 10.6 Å². The largest absolute Gasteiger partial charge is 0.477 e. The van der Waals surface area contributed by atoms with Gasteiger partial charge in [-0.05, 0) is 62.4 Å². The van der Waals surface area contributed by atoms with Gasteiger partial charge in [0.2, 0.25) is 5.43 Å². The fourth-order valence-electron chi connectivity index (χ4n) is 5.88. The maximum atomic E-state index is 15.1. The summed E-state index contributed by atoms with van der Waals surface area (Å²) < 4.78 is 16.8. The molecular formula is C24H29FN4O3S. The lowest BCUT2D eigenvalue weighted by atomic mass is 9.95. The highest BCUT2D eigenvalue weighted by atomic mass is 32.1. The van der Waals surface area contributed by atoms with Crippen molar-refractivity contribution in [3.8, 4) is 0 Å². The lowest BCUT2D eigenvalue weighted by Gasteiger charge is -2.39. The van der Waals surface area contributed by atoms with Crippen LogP contribution in [0.4, 0.5) is 10.1 Å². The van der Waals surface area contributed by atoms with Crippen molar-refractivity contribution in [2.75, 3.05) is 31.1 Å². The van der Waals surface area contributed by atoms with E-state index in [2.05, 4.69) is 10.2 Å². The topological polar surface area (TPSA) is 77.8 Å². The zero-order chi connectivity index (χ0) is 23.3. The van der Waals surface area contributed by atoms with Gasteiger partial charge in [-0.15, -0.1) is 0 Å². The third-order valence-corrected chi connectivity index (χ3v) is 8.05. The number of aromatic nitrogens is 1. The molecule has 2 heterocycles. The summed E-state index contributed by atoms with van der Waals surface area (Å²) in [5.74, 6) is -0.213. The second-order valence-electron chi connectivity index (χ2n) is 9.49. The van der Waals surface area contributed by atoms with E-state index in [1.807, 2.05) is 11.8 Å². The van der Waals surface area contributed by atoms with Crippen molar-refractivity contribution in [3.63, 3.8) is 0 Å². The van der Waals surface area contributed by atoms with Crippen LogP contribution in [0.2, 0.25) is 0 Å². The van der Waals surface area contributed by atoms with Gasteiger partial charge in [0.25, 0.3) is 0 Å². The molecule has 7 nitrogen and oxygen atoms in total. The second-order valence-corrected chi connectivity index (χ2v) is 9.88. The molecule has 0 unspecified atom stereocenters. The molecule has 33 heavy (non-hydrogen) atoms. The minimum atomic E-state index is -1.31. The van der Waals surface area contributed by atoms with Crippen molar-refractivity contribution in [1.29, 1.82) is 0 Å². The zero-order valence-corrected chi connectivity index (χ0v) is 19.5. The Kier molecular flexibility index (Phi) is 5.76. The van der Waals surface area contributed by atoms with Crippen molar-refractivity contribution < 1.29 is 14.3 Å². The number of hydrogen-bond donors (Lipinski definition) is 2. The minimum absolute atomic E-state index is 0.0906. The number of fused-ring (bicyclic) bond motifs is 3. The van der Waals surface area contributed by atoms with Crippen LogP contribution in [0.1, 0.15) is 43.0 Å². The quantitative estimate of drug-likeness (QED) is 0.663. The third kappa shape index (κ3) is 3.96. The molecule has 9 heteroatoms. The molecule has 2 aliphatic carbocycles. The highest BCUT2D eigenvalue weighted by Crippen LogP contribution is 2.44. The summed E-state index contributed by atoms with van der Waals surface area (Å²) in [5.41, 5.74) is -0.0327. The average molecular weight is 473 g/mol. The number of carboxylic acids is 1. The van der Waals surface area contributed by atoms with Crippen LogP contribution in [0.15, 0.2) is 23.1 Å². The van der Waals surface area contributed by atoms with Gasteiger partial charge in [0, 0.05) is 50.3 Å². The first-order valence-corrected chi connectivity index (χ1v) is 12.2. The smallest absolute Gasteiger partial charge is 0.341 e. The molecule has 1 saturated heterocycles. The van der Waals surface area contributed by atoms with Gasteiger partial charge in [-0.3, -0.25) is 4.79 Å². The molecule has 1 aliphatic heterocycles. The molecule has 2 N–H and O–H groups in total. The van der Waals surface area contributed by atoms with Crippen LogP contribution in [-0.2, 0) is 6.54 Å². The number of aryl methyl sites for hydroxylation is 1. The Hall–Kier alpha value is -2.68. The number of hydrogen-bond acceptors (Lipinski definition) is 4. The molecule has 0 radical (unpaired) electrons. The molecule has 1 aromatic carbocycles. The highest BCUT2D eigenvalue weighted by molar-refractivity contribution is 7.80. The molecule has 2 bridgehead atoms. The van der Waals surface area contributed by atoms with Gasteiger partial charge < -0.3 is 24.8 Å². The molecule has 176 valence electrons. The summed E-state index contributed by atoms with van der Waals surface area (Å²) in [6.45, 7) is 4.96. The minimum Gasteiger partial charge on any atom is -0.477 e. The van der Waals surface area contributed by atoms with Crippen LogP contribution < -0.4 is 15.6 Å². The van der Waals surface area contributed by atoms with Crippen molar-refractivity contribution in [2.24, 2.45) is 11.8 Å². The zero-order valence-electron chi connectivity index (χ0n) is 18.7. The molecule has 3 aliphatic rings. The van der Waals surface area contributed by atoms with E-state index < -0.39 is 17.2 Å². The summed E-state index contributed by atoms with van der Waals surface area (Å²) in [5, 5.41) is 13.8. The number of halogens is 1. The van der Waals surface area contributed by atoms with Crippen LogP contribution >= 0.6 is 12.2 Å². The van der Waals surface area contributed by atoms with Crippen LogP contribution in [0.3, 0.4) is 0 Å². The maximum Gasteiger partial charge on any atom is 0.341 e. The monoisotopic (exact) mass is 472 g/mol. The van der Waals surface area contributed by atoms with E-state index in [4.69, 9.17) is 12.2 Å². The van der Waals surface area contributed by atoms with E-state index in [0.717, 1.165) is 16.9 Å². The van der Waals surface area contributed by atoms with E-state index >= 15 is 4.39 Å². The number of piperazine rings is 1. The number of pyridine rings is 1. The first kappa shape index (κ1) is 22.1. The Bertz CT molecular complexity index is 1170. The Labute approximate surface area is 197 Å². The fraction of sp³-hybridized carbons (Fsp3) is 0.542. The fourth-order valence-corrected chi connectivity index (χ4v) is 6.21.